The molecule has 9 heteroatoms. The van der Waals surface area contributed by atoms with Crippen molar-refractivity contribution in [2.24, 2.45) is 0 Å². The molecule has 1 N–H and O–H groups in total. The summed E-state index contributed by atoms with van der Waals surface area (Å²) in [6.45, 7) is 4.54. The summed E-state index contributed by atoms with van der Waals surface area (Å²) in [5, 5.41) is 1.88. The first kappa shape index (κ1) is 22.5. The van der Waals surface area contributed by atoms with Gasteiger partial charge < -0.3 is 15.0 Å². The van der Waals surface area contributed by atoms with Gasteiger partial charge in [0.05, 0.1) is 10.6 Å². The van der Waals surface area contributed by atoms with Crippen molar-refractivity contribution in [2.75, 3.05) is 25.0 Å². The van der Waals surface area contributed by atoms with Crippen molar-refractivity contribution in [1.29, 1.82) is 0 Å². The maximum atomic E-state index is 12.9. The maximum Gasteiger partial charge on any atom is 0.417 e. The van der Waals surface area contributed by atoms with Gasteiger partial charge in [0, 0.05) is 24.3 Å². The molecule has 0 saturated carbocycles. The minimum Gasteiger partial charge on any atom is -0.484 e. The molecule has 29 heavy (non-hydrogen) atoms. The molecule has 2 aromatic carbocycles. The number of carbonyl (C=O) groups is 2. The molecule has 0 fully saturated rings. The van der Waals surface area contributed by atoms with E-state index in [1.165, 1.54) is 6.07 Å². The van der Waals surface area contributed by atoms with Gasteiger partial charge in [-0.3, -0.25) is 9.59 Å². The van der Waals surface area contributed by atoms with Crippen molar-refractivity contribution in [3.05, 3.63) is 58.6 Å². The first-order valence-electron chi connectivity index (χ1n) is 8.84. The van der Waals surface area contributed by atoms with E-state index in [4.69, 9.17) is 16.3 Å². The van der Waals surface area contributed by atoms with Gasteiger partial charge in [-0.25, -0.2) is 0 Å². The van der Waals surface area contributed by atoms with Crippen LogP contribution in [0.4, 0.5) is 18.9 Å². The van der Waals surface area contributed by atoms with E-state index < -0.39 is 29.3 Å². The fraction of sp³-hybridized carbons (Fsp3) is 0.300. The van der Waals surface area contributed by atoms with Crippen LogP contribution >= 0.6 is 11.6 Å². The Kier molecular flexibility index (Phi) is 7.50. The summed E-state index contributed by atoms with van der Waals surface area (Å²) in [5.74, 6) is -0.394. The lowest BCUT2D eigenvalue weighted by atomic mass is 10.2. The molecular formula is C20H20ClF3N2O3. The molecule has 0 heterocycles. The van der Waals surface area contributed by atoms with Crippen molar-refractivity contribution in [2.45, 2.75) is 20.0 Å². The molecule has 0 aliphatic carbocycles. The zero-order chi connectivity index (χ0) is 21.6. The number of ether oxygens (including phenoxy) is 1. The first-order valence-corrected chi connectivity index (χ1v) is 9.22. The van der Waals surface area contributed by atoms with E-state index in [9.17, 15) is 22.8 Å². The minimum atomic E-state index is -4.63. The largest absolute Gasteiger partial charge is 0.484 e. The van der Waals surface area contributed by atoms with Crippen molar-refractivity contribution in [3.63, 3.8) is 0 Å². The lowest BCUT2D eigenvalue weighted by Crippen LogP contribution is -2.30. The average molecular weight is 429 g/mol. The Morgan fingerprint density at radius 3 is 2.24 bits per heavy atom. The molecule has 5 nitrogen and oxygen atoms in total. The van der Waals surface area contributed by atoms with Crippen LogP contribution in [0.3, 0.4) is 0 Å². The highest BCUT2D eigenvalue weighted by atomic mass is 35.5. The smallest absolute Gasteiger partial charge is 0.417 e. The second-order valence-corrected chi connectivity index (χ2v) is 6.44. The van der Waals surface area contributed by atoms with Crippen molar-refractivity contribution < 1.29 is 27.5 Å². The number of halogens is 4. The molecule has 0 bridgehead atoms. The van der Waals surface area contributed by atoms with Crippen LogP contribution in [-0.4, -0.2) is 36.4 Å². The molecule has 0 aliphatic rings. The molecule has 2 amide bonds. The van der Waals surface area contributed by atoms with Crippen molar-refractivity contribution >= 4 is 29.1 Å². The Morgan fingerprint density at radius 1 is 1.07 bits per heavy atom. The Morgan fingerprint density at radius 2 is 1.69 bits per heavy atom. The standard InChI is InChI=1S/C20H20ClF3N2O3/c1-3-26(4-2)19(28)13-5-8-15(9-6-13)29-12-18(27)25-14-7-10-17(21)16(11-14)20(22,23)24/h5-11H,3-4,12H2,1-2H3,(H,25,27). The second kappa shape index (κ2) is 9.65. The summed E-state index contributed by atoms with van der Waals surface area (Å²) in [4.78, 5) is 25.9. The van der Waals surface area contributed by atoms with Crippen molar-refractivity contribution in [1.82, 2.24) is 4.90 Å². The Bertz CT molecular complexity index is 866. The number of alkyl halides is 3. The number of nitrogens with one attached hydrogen (secondary N) is 1. The number of carbonyl (C=O) groups excluding carboxylic acids is 2. The van der Waals surface area contributed by atoms with Crippen LogP contribution in [0.15, 0.2) is 42.5 Å². The molecular weight excluding hydrogens is 409 g/mol. The van der Waals surface area contributed by atoms with E-state index in [0.717, 1.165) is 12.1 Å². The highest BCUT2D eigenvalue weighted by molar-refractivity contribution is 6.31. The third-order valence-electron chi connectivity index (χ3n) is 4.08. The molecule has 0 spiro atoms. The number of anilines is 1. The Balaban J connectivity index is 1.95. The van der Waals surface area contributed by atoms with Crippen LogP contribution in [0.5, 0.6) is 5.75 Å². The van der Waals surface area contributed by atoms with Gasteiger partial charge in [0.1, 0.15) is 5.75 Å². The van der Waals surface area contributed by atoms with Crippen LogP contribution in [0.1, 0.15) is 29.8 Å². The second-order valence-electron chi connectivity index (χ2n) is 6.03. The fourth-order valence-electron chi connectivity index (χ4n) is 2.55. The molecule has 2 aromatic rings. The molecule has 0 radical (unpaired) electrons. The van der Waals surface area contributed by atoms with E-state index in [0.29, 0.717) is 24.4 Å². The van der Waals surface area contributed by atoms with Gasteiger partial charge >= 0.3 is 6.18 Å². The number of hydrogen-bond acceptors (Lipinski definition) is 3. The highest BCUT2D eigenvalue weighted by Gasteiger charge is 2.33. The molecule has 0 atom stereocenters. The molecule has 156 valence electrons. The number of rotatable bonds is 7. The summed E-state index contributed by atoms with van der Waals surface area (Å²) < 4.78 is 43.9. The summed E-state index contributed by atoms with van der Waals surface area (Å²) in [6.07, 6.45) is -4.63. The van der Waals surface area contributed by atoms with Crippen LogP contribution < -0.4 is 10.1 Å². The lowest BCUT2D eigenvalue weighted by molar-refractivity contribution is -0.137. The number of nitrogens with zero attached hydrogens (tertiary/aromatic N) is 1. The molecule has 0 aliphatic heterocycles. The quantitative estimate of drug-likeness (QED) is 0.685. The van der Waals surface area contributed by atoms with Gasteiger partial charge in [-0.2, -0.15) is 13.2 Å². The van der Waals surface area contributed by atoms with E-state index in [1.807, 2.05) is 13.8 Å². The zero-order valence-corrected chi connectivity index (χ0v) is 16.6. The molecule has 0 saturated heterocycles. The Labute approximate surface area is 171 Å². The summed E-state index contributed by atoms with van der Waals surface area (Å²) in [7, 11) is 0. The molecule has 0 aromatic heterocycles. The zero-order valence-electron chi connectivity index (χ0n) is 15.8. The maximum absolute atomic E-state index is 12.9. The summed E-state index contributed by atoms with van der Waals surface area (Å²) >= 11 is 5.55. The van der Waals surface area contributed by atoms with Crippen LogP contribution in [0.2, 0.25) is 5.02 Å². The van der Waals surface area contributed by atoms with Gasteiger partial charge in [0.2, 0.25) is 0 Å². The van der Waals surface area contributed by atoms with Crippen LogP contribution in [0, 0.1) is 0 Å². The predicted molar refractivity (Wildman–Crippen MR) is 104 cm³/mol. The van der Waals surface area contributed by atoms with E-state index in [2.05, 4.69) is 5.32 Å². The van der Waals surface area contributed by atoms with E-state index in [-0.39, 0.29) is 11.6 Å². The number of amides is 2. The number of benzene rings is 2. The van der Waals surface area contributed by atoms with Crippen LogP contribution in [-0.2, 0) is 11.0 Å². The lowest BCUT2D eigenvalue weighted by Gasteiger charge is -2.18. The van der Waals surface area contributed by atoms with Gasteiger partial charge in [0.25, 0.3) is 11.8 Å². The van der Waals surface area contributed by atoms with Gasteiger partial charge in [-0.1, -0.05) is 11.6 Å². The Hall–Kier alpha value is -2.74. The van der Waals surface area contributed by atoms with Gasteiger partial charge in [-0.15, -0.1) is 0 Å². The first-order chi connectivity index (χ1) is 13.7. The summed E-state index contributed by atoms with van der Waals surface area (Å²) in [6, 6.07) is 9.36. The van der Waals surface area contributed by atoms with Gasteiger partial charge in [0.15, 0.2) is 6.61 Å². The fourth-order valence-corrected chi connectivity index (χ4v) is 2.78. The predicted octanol–water partition coefficient (Wildman–Crippen LogP) is 4.86. The minimum absolute atomic E-state index is 0.0458. The van der Waals surface area contributed by atoms with E-state index in [1.54, 1.807) is 29.2 Å². The summed E-state index contributed by atoms with van der Waals surface area (Å²) in [5.41, 5.74) is -0.590. The monoisotopic (exact) mass is 428 g/mol. The highest BCUT2D eigenvalue weighted by Crippen LogP contribution is 2.36. The van der Waals surface area contributed by atoms with Crippen molar-refractivity contribution in [3.8, 4) is 5.75 Å². The molecule has 0 unspecified atom stereocenters. The third-order valence-corrected chi connectivity index (χ3v) is 4.41. The SMILES string of the molecule is CCN(CC)C(=O)c1ccc(OCC(=O)Nc2ccc(Cl)c(C(F)(F)F)c2)cc1. The normalized spacial score (nSPS) is 11.1. The topological polar surface area (TPSA) is 58.6 Å². The van der Waals surface area contributed by atoms with Gasteiger partial charge in [-0.05, 0) is 56.3 Å². The average Bonchev–Trinajstić information content (AvgIpc) is 2.68. The van der Waals surface area contributed by atoms with E-state index >= 15 is 0 Å². The number of hydrogen-bond donors (Lipinski definition) is 1. The van der Waals surface area contributed by atoms with Crippen LogP contribution in [0.25, 0.3) is 0 Å². The molecule has 2 rings (SSSR count). The third kappa shape index (κ3) is 6.12.